The van der Waals surface area contributed by atoms with Crippen molar-refractivity contribution in [3.05, 3.63) is 0 Å². The highest BCUT2D eigenvalue weighted by molar-refractivity contribution is 7.75. The van der Waals surface area contributed by atoms with Crippen molar-refractivity contribution in [1.82, 2.24) is 0 Å². The predicted octanol–water partition coefficient (Wildman–Crippen LogP) is -1.69. The molecule has 0 unspecified atom stereocenters. The molecule has 0 atom stereocenters. The fourth-order valence-corrected chi connectivity index (χ4v) is 1.05. The predicted molar refractivity (Wildman–Crippen MR) is 38.1 cm³/mol. The summed E-state index contributed by atoms with van der Waals surface area (Å²) in [5.41, 5.74) is 0. The van der Waals surface area contributed by atoms with Gasteiger partial charge in [-0.2, -0.15) is 0 Å². The Morgan fingerprint density at radius 2 is 1.42 bits per heavy atom. The summed E-state index contributed by atoms with van der Waals surface area (Å²) in [6.07, 6.45) is 0. The molecule has 0 radical (unpaired) electrons. The van der Waals surface area contributed by atoms with Crippen LogP contribution >= 0.6 is 0 Å². The zero-order valence-corrected chi connectivity index (χ0v) is 7.37. The number of ether oxygens (including phenoxy) is 2. The van der Waals surface area contributed by atoms with Crippen LogP contribution in [0.3, 0.4) is 0 Å². The van der Waals surface area contributed by atoms with Crippen LogP contribution in [-0.2, 0) is 29.8 Å². The van der Waals surface area contributed by atoms with Crippen molar-refractivity contribution in [3.8, 4) is 0 Å². The zero-order chi connectivity index (χ0) is 9.72. The van der Waals surface area contributed by atoms with Crippen LogP contribution in [0.4, 0.5) is 0 Å². The standard InChI is InChI=1S/C5H8O6S/c1-10-4(6)3(12(8)9)5(7)11-2/h3,12H,1-2H3. The topological polar surface area (TPSA) is 86.7 Å². The molecule has 0 amide bonds. The molecule has 6 nitrogen and oxygen atoms in total. The highest BCUT2D eigenvalue weighted by Crippen LogP contribution is 1.95. The summed E-state index contributed by atoms with van der Waals surface area (Å²) in [7, 11) is -1.24. The van der Waals surface area contributed by atoms with E-state index in [2.05, 4.69) is 9.47 Å². The van der Waals surface area contributed by atoms with Crippen LogP contribution in [0.1, 0.15) is 0 Å². The lowest BCUT2D eigenvalue weighted by molar-refractivity contribution is -0.150. The maximum Gasteiger partial charge on any atom is 0.335 e. The fraction of sp³-hybridized carbons (Fsp3) is 0.600. The summed E-state index contributed by atoms with van der Waals surface area (Å²) in [5.74, 6) is -2.28. The average molecular weight is 196 g/mol. The number of hydrogen-bond donors (Lipinski definition) is 1. The first-order chi connectivity index (χ1) is 5.54. The Balaban J connectivity index is 4.67. The van der Waals surface area contributed by atoms with Crippen molar-refractivity contribution in [2.24, 2.45) is 0 Å². The van der Waals surface area contributed by atoms with Crippen LogP contribution in [-0.4, -0.2) is 39.8 Å². The molecule has 12 heavy (non-hydrogen) atoms. The number of carbonyl (C=O) groups is 2. The van der Waals surface area contributed by atoms with Gasteiger partial charge in [-0.25, -0.2) is 8.42 Å². The Bertz CT molecular complexity index is 231. The Morgan fingerprint density at radius 3 is 1.58 bits per heavy atom. The van der Waals surface area contributed by atoms with Crippen molar-refractivity contribution < 1.29 is 27.5 Å². The van der Waals surface area contributed by atoms with Gasteiger partial charge in [0.25, 0.3) is 5.25 Å². The normalized spacial score (nSPS) is 10.0. The minimum absolute atomic E-state index is 0.983. The largest absolute Gasteiger partial charge is 0.468 e. The highest BCUT2D eigenvalue weighted by Gasteiger charge is 2.31. The van der Waals surface area contributed by atoms with E-state index in [-0.39, 0.29) is 0 Å². The number of rotatable bonds is 3. The fourth-order valence-electron chi connectivity index (χ4n) is 0.492. The van der Waals surface area contributed by atoms with Crippen LogP contribution in [0.5, 0.6) is 0 Å². The molecule has 0 aromatic rings. The van der Waals surface area contributed by atoms with Crippen LogP contribution in [0.2, 0.25) is 0 Å². The highest BCUT2D eigenvalue weighted by atomic mass is 32.2. The van der Waals surface area contributed by atoms with E-state index in [0.29, 0.717) is 0 Å². The third kappa shape index (κ3) is 2.50. The van der Waals surface area contributed by atoms with E-state index >= 15 is 0 Å². The van der Waals surface area contributed by atoms with Crippen molar-refractivity contribution in [2.45, 2.75) is 5.25 Å². The summed E-state index contributed by atoms with van der Waals surface area (Å²) in [5, 5.41) is -1.85. The van der Waals surface area contributed by atoms with Crippen LogP contribution in [0, 0.1) is 0 Å². The average Bonchev–Trinajstić information content (AvgIpc) is 2.03. The summed E-state index contributed by atoms with van der Waals surface area (Å²) in [4.78, 5) is 21.3. The molecule has 0 fully saturated rings. The van der Waals surface area contributed by atoms with Gasteiger partial charge >= 0.3 is 11.9 Å². The van der Waals surface area contributed by atoms with Gasteiger partial charge in [-0.3, -0.25) is 9.59 Å². The van der Waals surface area contributed by atoms with Gasteiger partial charge in [-0.1, -0.05) is 0 Å². The molecule has 0 aliphatic rings. The quantitative estimate of drug-likeness (QED) is 0.329. The Morgan fingerprint density at radius 1 is 1.08 bits per heavy atom. The molecule has 0 aromatic heterocycles. The van der Waals surface area contributed by atoms with E-state index in [4.69, 9.17) is 0 Å². The second-order valence-electron chi connectivity index (χ2n) is 1.73. The minimum Gasteiger partial charge on any atom is -0.468 e. The molecule has 0 N–H and O–H groups in total. The Hall–Kier alpha value is -1.11. The Labute approximate surface area is 70.4 Å². The molecule has 70 valence electrons. The number of hydrogen-bond acceptors (Lipinski definition) is 6. The monoisotopic (exact) mass is 196 g/mol. The van der Waals surface area contributed by atoms with E-state index in [0.717, 1.165) is 14.2 Å². The molecule has 0 aromatic carbocycles. The molecule has 0 saturated heterocycles. The van der Waals surface area contributed by atoms with Gasteiger partial charge in [0, 0.05) is 0 Å². The van der Waals surface area contributed by atoms with Gasteiger partial charge in [0.15, 0.2) is 10.7 Å². The molecule has 0 bridgehead atoms. The van der Waals surface area contributed by atoms with Crippen molar-refractivity contribution in [1.29, 1.82) is 0 Å². The van der Waals surface area contributed by atoms with E-state index in [1.165, 1.54) is 0 Å². The first-order valence-electron chi connectivity index (χ1n) is 2.83. The summed E-state index contributed by atoms with van der Waals surface area (Å²) in [6, 6.07) is 0. The van der Waals surface area contributed by atoms with E-state index in [9.17, 15) is 18.0 Å². The molecule has 0 rings (SSSR count). The zero-order valence-electron chi connectivity index (χ0n) is 6.47. The van der Waals surface area contributed by atoms with Gasteiger partial charge in [0.05, 0.1) is 14.2 Å². The lowest BCUT2D eigenvalue weighted by Gasteiger charge is -2.04. The molecule has 0 saturated carbocycles. The molecular formula is C5H8O6S. The first kappa shape index (κ1) is 10.9. The van der Waals surface area contributed by atoms with Gasteiger partial charge in [-0.05, 0) is 0 Å². The SMILES string of the molecule is COC(=O)C(C(=O)OC)[SH](=O)=O. The van der Waals surface area contributed by atoms with Crippen LogP contribution in [0.15, 0.2) is 0 Å². The van der Waals surface area contributed by atoms with E-state index < -0.39 is 27.9 Å². The van der Waals surface area contributed by atoms with Crippen molar-refractivity contribution in [2.75, 3.05) is 14.2 Å². The molecule has 0 spiro atoms. The number of esters is 2. The number of methoxy groups -OCH3 is 2. The minimum atomic E-state index is -3.20. The molecule has 0 aliphatic heterocycles. The van der Waals surface area contributed by atoms with Gasteiger partial charge in [-0.15, -0.1) is 0 Å². The summed E-state index contributed by atoms with van der Waals surface area (Å²) >= 11 is 0. The summed E-state index contributed by atoms with van der Waals surface area (Å²) < 4.78 is 28.8. The smallest absolute Gasteiger partial charge is 0.335 e. The Kier molecular flexibility index (Phi) is 4.27. The van der Waals surface area contributed by atoms with Crippen LogP contribution in [0.25, 0.3) is 0 Å². The molecule has 7 heteroatoms. The molecular weight excluding hydrogens is 188 g/mol. The van der Waals surface area contributed by atoms with E-state index in [1.54, 1.807) is 0 Å². The third-order valence-corrected chi connectivity index (χ3v) is 1.90. The van der Waals surface area contributed by atoms with Crippen molar-refractivity contribution >= 4 is 22.6 Å². The summed E-state index contributed by atoms with van der Waals surface area (Å²) in [6.45, 7) is 0. The number of carbonyl (C=O) groups excluding carboxylic acids is 2. The third-order valence-electron chi connectivity index (χ3n) is 1.06. The van der Waals surface area contributed by atoms with Crippen LogP contribution < -0.4 is 0 Å². The lowest BCUT2D eigenvalue weighted by atomic mass is 10.4. The molecule has 0 heterocycles. The second-order valence-corrected chi connectivity index (χ2v) is 2.82. The van der Waals surface area contributed by atoms with Gasteiger partial charge < -0.3 is 9.47 Å². The molecule has 0 aliphatic carbocycles. The van der Waals surface area contributed by atoms with Crippen molar-refractivity contribution in [3.63, 3.8) is 0 Å². The van der Waals surface area contributed by atoms with Gasteiger partial charge in [0.2, 0.25) is 0 Å². The number of thiol groups is 1. The second kappa shape index (κ2) is 4.70. The first-order valence-corrected chi connectivity index (χ1v) is 4.08. The lowest BCUT2D eigenvalue weighted by Crippen LogP contribution is -2.33. The van der Waals surface area contributed by atoms with E-state index in [1.807, 2.05) is 0 Å². The maximum atomic E-state index is 10.6. The maximum absolute atomic E-state index is 10.6. The van der Waals surface area contributed by atoms with Gasteiger partial charge in [0.1, 0.15) is 0 Å².